The predicted octanol–water partition coefficient (Wildman–Crippen LogP) is 4.83. The third-order valence-electron chi connectivity index (χ3n) is 4.55. The summed E-state index contributed by atoms with van der Waals surface area (Å²) < 4.78 is 19.3. The number of halogens is 2. The number of rotatable bonds is 3. The molecule has 18 heavy (non-hydrogen) atoms. The molecule has 2 fully saturated rings. The van der Waals surface area contributed by atoms with Crippen LogP contribution in [0.1, 0.15) is 39.0 Å². The summed E-state index contributed by atoms with van der Waals surface area (Å²) in [6.07, 6.45) is 6.22. The van der Waals surface area contributed by atoms with Gasteiger partial charge in [-0.1, -0.05) is 31.0 Å². The van der Waals surface area contributed by atoms with Gasteiger partial charge in [-0.05, 0) is 49.1 Å². The fourth-order valence-corrected chi connectivity index (χ4v) is 3.75. The normalized spacial score (nSPS) is 33.9. The Hall–Kier alpha value is -0.760. The second kappa shape index (κ2) is 4.41. The van der Waals surface area contributed by atoms with Gasteiger partial charge in [-0.15, -0.1) is 0 Å². The lowest BCUT2D eigenvalue weighted by atomic mass is 9.50. The topological polar surface area (TPSA) is 9.23 Å². The fourth-order valence-electron chi connectivity index (χ4n) is 3.54. The molecule has 2 saturated carbocycles. The zero-order chi connectivity index (χ0) is 12.8. The van der Waals surface area contributed by atoms with Crippen LogP contribution in [0, 0.1) is 17.2 Å². The van der Waals surface area contributed by atoms with E-state index in [9.17, 15) is 4.39 Å². The first-order valence-electron chi connectivity index (χ1n) is 6.72. The van der Waals surface area contributed by atoms with Crippen LogP contribution in [0.5, 0.6) is 5.75 Å². The van der Waals surface area contributed by atoms with E-state index in [0.29, 0.717) is 10.4 Å². The lowest BCUT2D eigenvalue weighted by Gasteiger charge is -2.57. The van der Waals surface area contributed by atoms with Crippen molar-refractivity contribution in [3.63, 3.8) is 0 Å². The van der Waals surface area contributed by atoms with Crippen LogP contribution in [0.2, 0.25) is 5.02 Å². The highest BCUT2D eigenvalue weighted by Gasteiger charge is 2.53. The lowest BCUT2D eigenvalue weighted by molar-refractivity contribution is -0.101. The van der Waals surface area contributed by atoms with Crippen molar-refractivity contribution in [1.82, 2.24) is 0 Å². The molecule has 2 aliphatic carbocycles. The summed E-state index contributed by atoms with van der Waals surface area (Å²) in [4.78, 5) is 0. The van der Waals surface area contributed by atoms with Gasteiger partial charge in [-0.25, -0.2) is 4.39 Å². The summed E-state index contributed by atoms with van der Waals surface area (Å²) in [5, 5.41) is 0.371. The van der Waals surface area contributed by atoms with E-state index in [1.807, 2.05) is 0 Å². The molecule has 0 saturated heterocycles. The van der Waals surface area contributed by atoms with Gasteiger partial charge in [-0.3, -0.25) is 0 Å². The van der Waals surface area contributed by atoms with Gasteiger partial charge in [0.15, 0.2) is 11.6 Å². The molecule has 0 bridgehead atoms. The van der Waals surface area contributed by atoms with Gasteiger partial charge >= 0.3 is 0 Å². The van der Waals surface area contributed by atoms with E-state index >= 15 is 0 Å². The van der Waals surface area contributed by atoms with Crippen LogP contribution < -0.4 is 4.74 Å². The van der Waals surface area contributed by atoms with Crippen LogP contribution in [0.3, 0.4) is 0 Å². The molecule has 0 unspecified atom stereocenters. The Morgan fingerprint density at radius 2 is 2.06 bits per heavy atom. The van der Waals surface area contributed by atoms with E-state index in [4.69, 9.17) is 16.3 Å². The van der Waals surface area contributed by atoms with Crippen LogP contribution in [-0.4, -0.2) is 6.10 Å². The first-order valence-corrected chi connectivity index (χ1v) is 7.10. The Balaban J connectivity index is 1.58. The summed E-state index contributed by atoms with van der Waals surface area (Å²) in [6.45, 7) is 2.25. The van der Waals surface area contributed by atoms with Crippen LogP contribution in [0.25, 0.3) is 0 Å². The second-order valence-electron chi connectivity index (χ2n) is 5.88. The van der Waals surface area contributed by atoms with Gasteiger partial charge in [0, 0.05) is 0 Å². The summed E-state index contributed by atoms with van der Waals surface area (Å²) in [5.41, 5.74) is 0.517. The third kappa shape index (κ3) is 2.01. The highest BCUT2D eigenvalue weighted by Crippen LogP contribution is 2.60. The smallest absolute Gasteiger partial charge is 0.173 e. The van der Waals surface area contributed by atoms with Crippen molar-refractivity contribution in [2.24, 2.45) is 11.3 Å². The van der Waals surface area contributed by atoms with Crippen molar-refractivity contribution in [2.45, 2.75) is 45.1 Å². The molecule has 0 atom stereocenters. The van der Waals surface area contributed by atoms with Gasteiger partial charge in [0.25, 0.3) is 0 Å². The number of hydrogen-bond acceptors (Lipinski definition) is 1. The molecule has 0 N–H and O–H groups in total. The molecule has 2 aliphatic rings. The van der Waals surface area contributed by atoms with Crippen LogP contribution >= 0.6 is 11.6 Å². The zero-order valence-electron chi connectivity index (χ0n) is 10.6. The van der Waals surface area contributed by atoms with Crippen LogP contribution in [-0.2, 0) is 0 Å². The molecule has 98 valence electrons. The molecule has 0 aromatic heterocycles. The Kier molecular flexibility index (Phi) is 3.01. The molecule has 1 spiro atoms. The van der Waals surface area contributed by atoms with Crippen LogP contribution in [0.4, 0.5) is 4.39 Å². The van der Waals surface area contributed by atoms with Crippen molar-refractivity contribution < 1.29 is 9.13 Å². The Morgan fingerprint density at radius 3 is 2.67 bits per heavy atom. The van der Waals surface area contributed by atoms with E-state index in [1.54, 1.807) is 12.1 Å². The van der Waals surface area contributed by atoms with E-state index in [1.165, 1.54) is 25.3 Å². The van der Waals surface area contributed by atoms with Gasteiger partial charge in [0.05, 0.1) is 5.02 Å². The van der Waals surface area contributed by atoms with Gasteiger partial charge in [-0.2, -0.15) is 0 Å². The van der Waals surface area contributed by atoms with E-state index in [-0.39, 0.29) is 17.7 Å². The molecule has 1 nitrogen and oxygen atoms in total. The molecule has 0 heterocycles. The minimum atomic E-state index is -0.358. The summed E-state index contributed by atoms with van der Waals surface area (Å²) in [5.74, 6) is 0.775. The summed E-state index contributed by atoms with van der Waals surface area (Å²) in [7, 11) is 0. The van der Waals surface area contributed by atoms with Gasteiger partial charge in [0.1, 0.15) is 6.10 Å². The maximum Gasteiger partial charge on any atom is 0.173 e. The maximum absolute atomic E-state index is 13.6. The van der Waals surface area contributed by atoms with Crippen molar-refractivity contribution in [3.8, 4) is 5.75 Å². The maximum atomic E-state index is 13.6. The van der Waals surface area contributed by atoms with E-state index in [0.717, 1.165) is 18.8 Å². The lowest BCUT2D eigenvalue weighted by Crippen LogP contribution is -2.51. The number of ether oxygens (including phenoxy) is 1. The molecule has 3 heteroatoms. The summed E-state index contributed by atoms with van der Waals surface area (Å²) >= 11 is 5.95. The van der Waals surface area contributed by atoms with Crippen molar-refractivity contribution in [1.29, 1.82) is 0 Å². The molecule has 1 aromatic carbocycles. The fraction of sp³-hybridized carbons (Fsp3) is 0.600. The second-order valence-corrected chi connectivity index (χ2v) is 6.29. The summed E-state index contributed by atoms with van der Waals surface area (Å²) in [6, 6.07) is 4.67. The van der Waals surface area contributed by atoms with Crippen molar-refractivity contribution in [3.05, 3.63) is 29.0 Å². The average Bonchev–Trinajstić information content (AvgIpc) is 2.23. The average molecular weight is 269 g/mol. The van der Waals surface area contributed by atoms with Crippen molar-refractivity contribution in [2.75, 3.05) is 0 Å². The molecular weight excluding hydrogens is 251 g/mol. The first kappa shape index (κ1) is 12.3. The minimum Gasteiger partial charge on any atom is -0.486 e. The quantitative estimate of drug-likeness (QED) is 0.763. The largest absolute Gasteiger partial charge is 0.486 e. The molecule has 0 radical (unpaired) electrons. The van der Waals surface area contributed by atoms with Gasteiger partial charge in [0.2, 0.25) is 0 Å². The predicted molar refractivity (Wildman–Crippen MR) is 70.5 cm³/mol. The monoisotopic (exact) mass is 268 g/mol. The van der Waals surface area contributed by atoms with Crippen molar-refractivity contribution >= 4 is 11.6 Å². The molecule has 0 amide bonds. The highest BCUT2D eigenvalue weighted by atomic mass is 35.5. The Labute approximate surface area is 112 Å². The Morgan fingerprint density at radius 1 is 1.33 bits per heavy atom. The molecule has 0 aliphatic heterocycles. The number of para-hydroxylation sites is 1. The molecule has 1 aromatic rings. The zero-order valence-corrected chi connectivity index (χ0v) is 11.3. The number of benzene rings is 1. The van der Waals surface area contributed by atoms with Crippen LogP contribution in [0.15, 0.2) is 18.2 Å². The van der Waals surface area contributed by atoms with Gasteiger partial charge < -0.3 is 4.74 Å². The SMILES string of the molecule is CCC1CC2(C1)CC(Oc1c(F)cccc1Cl)C2. The highest BCUT2D eigenvalue weighted by molar-refractivity contribution is 6.32. The molecular formula is C15H18ClFO. The molecule has 3 rings (SSSR count). The van der Waals surface area contributed by atoms with E-state index in [2.05, 4.69) is 6.92 Å². The standard InChI is InChI=1S/C15H18ClFO/c1-2-10-6-15(7-10)8-11(9-15)18-14-12(16)4-3-5-13(14)17/h3-5,10-11H,2,6-9H2,1H3. The number of hydrogen-bond donors (Lipinski definition) is 0. The van der Waals surface area contributed by atoms with E-state index < -0.39 is 0 Å². The Bertz CT molecular complexity index is 426. The minimum absolute atomic E-state index is 0.150. The first-order chi connectivity index (χ1) is 8.62. The third-order valence-corrected chi connectivity index (χ3v) is 4.84.